The van der Waals surface area contributed by atoms with Gasteiger partial charge in [0, 0.05) is 16.9 Å². The molecule has 0 aliphatic heterocycles. The van der Waals surface area contributed by atoms with E-state index in [0.717, 1.165) is 11.1 Å². The van der Waals surface area contributed by atoms with Gasteiger partial charge in [0.2, 0.25) is 10.0 Å². The standard InChI is InChI=1S/C15H15NO5S2/c1-10(15(17)18)16-23(20,21)14-8-4-12(5-9-14)11-2-6-13(22-19)7-3-11/h2-10,16,19H,1H3,(H,17,18)/t10-/m0/s1. The van der Waals surface area contributed by atoms with E-state index in [0.29, 0.717) is 16.9 Å². The van der Waals surface area contributed by atoms with Gasteiger partial charge in [-0.1, -0.05) is 24.3 Å². The molecule has 23 heavy (non-hydrogen) atoms. The smallest absolute Gasteiger partial charge is 0.321 e. The second kappa shape index (κ2) is 7.14. The molecule has 0 heterocycles. The molecule has 0 aliphatic rings. The highest BCUT2D eigenvalue weighted by atomic mass is 32.2. The summed E-state index contributed by atoms with van der Waals surface area (Å²) in [6.45, 7) is 1.26. The Morgan fingerprint density at radius 1 is 1.04 bits per heavy atom. The van der Waals surface area contributed by atoms with Crippen LogP contribution < -0.4 is 4.72 Å². The van der Waals surface area contributed by atoms with Gasteiger partial charge in [0.1, 0.15) is 6.04 Å². The Bertz CT molecular complexity index is 786. The van der Waals surface area contributed by atoms with Gasteiger partial charge >= 0.3 is 5.97 Å². The molecule has 122 valence electrons. The minimum absolute atomic E-state index is 0.00289. The number of benzene rings is 2. The van der Waals surface area contributed by atoms with Crippen LogP contribution in [-0.4, -0.2) is 30.1 Å². The molecule has 6 nitrogen and oxygen atoms in total. The number of carboxylic acid groups (broad SMARTS) is 1. The summed E-state index contributed by atoms with van der Waals surface area (Å²) in [7, 11) is -3.88. The highest BCUT2D eigenvalue weighted by Gasteiger charge is 2.21. The fourth-order valence-corrected chi connectivity index (χ4v) is 3.34. The van der Waals surface area contributed by atoms with Crippen molar-refractivity contribution in [2.45, 2.75) is 22.8 Å². The maximum absolute atomic E-state index is 12.1. The van der Waals surface area contributed by atoms with Crippen LogP contribution in [0.3, 0.4) is 0 Å². The molecule has 0 saturated heterocycles. The third-order valence-electron chi connectivity index (χ3n) is 3.16. The van der Waals surface area contributed by atoms with Gasteiger partial charge in [0.15, 0.2) is 0 Å². The van der Waals surface area contributed by atoms with Crippen LogP contribution in [0.5, 0.6) is 0 Å². The molecule has 1 atom stereocenters. The molecule has 0 amide bonds. The number of nitrogens with one attached hydrogen (secondary N) is 1. The summed E-state index contributed by atoms with van der Waals surface area (Å²) >= 11 is 0.651. The summed E-state index contributed by atoms with van der Waals surface area (Å²) in [5, 5.41) is 8.78. The average Bonchev–Trinajstić information content (AvgIpc) is 2.54. The molecule has 2 rings (SSSR count). The van der Waals surface area contributed by atoms with Gasteiger partial charge in [-0.2, -0.15) is 4.72 Å². The SMILES string of the molecule is C[C@H](NS(=O)(=O)c1ccc(-c2ccc(SO)cc2)cc1)C(=O)O. The first-order chi connectivity index (χ1) is 10.8. The maximum Gasteiger partial charge on any atom is 0.321 e. The van der Waals surface area contributed by atoms with Crippen LogP contribution in [0.1, 0.15) is 6.92 Å². The topological polar surface area (TPSA) is 104 Å². The Balaban J connectivity index is 2.22. The molecule has 0 unspecified atom stereocenters. The van der Waals surface area contributed by atoms with Crippen molar-refractivity contribution in [3.8, 4) is 11.1 Å². The number of rotatable bonds is 6. The van der Waals surface area contributed by atoms with Crippen molar-refractivity contribution in [1.82, 2.24) is 4.72 Å². The lowest BCUT2D eigenvalue weighted by Crippen LogP contribution is -2.38. The molecule has 0 spiro atoms. The Morgan fingerprint density at radius 3 is 1.96 bits per heavy atom. The molecule has 0 aromatic heterocycles. The van der Waals surface area contributed by atoms with Crippen LogP contribution in [0.25, 0.3) is 11.1 Å². The Morgan fingerprint density at radius 2 is 1.52 bits per heavy atom. The Hall–Kier alpha value is -1.87. The lowest BCUT2D eigenvalue weighted by molar-refractivity contribution is -0.138. The molecular weight excluding hydrogens is 338 g/mol. The molecular formula is C15H15NO5S2. The highest BCUT2D eigenvalue weighted by Crippen LogP contribution is 2.24. The number of sulfonamides is 1. The lowest BCUT2D eigenvalue weighted by atomic mass is 10.1. The fourth-order valence-electron chi connectivity index (χ4n) is 1.89. The van der Waals surface area contributed by atoms with Gasteiger partial charge in [0.05, 0.1) is 4.90 Å². The van der Waals surface area contributed by atoms with Gasteiger partial charge in [-0.3, -0.25) is 4.79 Å². The van der Waals surface area contributed by atoms with Crippen LogP contribution in [0, 0.1) is 0 Å². The molecule has 0 aliphatic carbocycles. The molecule has 2 aromatic rings. The van der Waals surface area contributed by atoms with E-state index in [1.807, 2.05) is 12.1 Å². The predicted molar refractivity (Wildman–Crippen MR) is 87.8 cm³/mol. The van der Waals surface area contributed by atoms with E-state index in [9.17, 15) is 13.2 Å². The number of hydrogen-bond donors (Lipinski definition) is 3. The molecule has 3 N–H and O–H groups in total. The van der Waals surface area contributed by atoms with Crippen molar-refractivity contribution in [2.24, 2.45) is 0 Å². The van der Waals surface area contributed by atoms with Gasteiger partial charge < -0.3 is 9.66 Å². The zero-order valence-electron chi connectivity index (χ0n) is 12.1. The van der Waals surface area contributed by atoms with Gasteiger partial charge in [-0.15, -0.1) is 0 Å². The Kier molecular flexibility index (Phi) is 5.42. The van der Waals surface area contributed by atoms with Crippen molar-refractivity contribution in [3.05, 3.63) is 48.5 Å². The predicted octanol–water partition coefficient (Wildman–Crippen LogP) is 2.67. The van der Waals surface area contributed by atoms with Crippen LogP contribution in [0.15, 0.2) is 58.3 Å². The summed E-state index contributed by atoms with van der Waals surface area (Å²) in [4.78, 5) is 11.5. The molecule has 0 saturated carbocycles. The third-order valence-corrected chi connectivity index (χ3v) is 5.20. The van der Waals surface area contributed by atoms with E-state index in [1.54, 1.807) is 24.3 Å². The van der Waals surface area contributed by atoms with E-state index >= 15 is 0 Å². The molecule has 2 aromatic carbocycles. The lowest BCUT2D eigenvalue weighted by Gasteiger charge is -2.11. The van der Waals surface area contributed by atoms with E-state index in [2.05, 4.69) is 4.72 Å². The van der Waals surface area contributed by atoms with Crippen LogP contribution in [-0.2, 0) is 14.8 Å². The van der Waals surface area contributed by atoms with Gasteiger partial charge in [-0.25, -0.2) is 8.42 Å². The zero-order chi connectivity index (χ0) is 17.0. The van der Waals surface area contributed by atoms with Crippen molar-refractivity contribution in [2.75, 3.05) is 0 Å². The van der Waals surface area contributed by atoms with E-state index in [-0.39, 0.29) is 4.90 Å². The summed E-state index contributed by atoms with van der Waals surface area (Å²) < 4.78 is 35.2. The Labute approximate surface area is 138 Å². The second-order valence-electron chi connectivity index (χ2n) is 4.82. The van der Waals surface area contributed by atoms with Crippen molar-refractivity contribution >= 4 is 28.0 Å². The third kappa shape index (κ3) is 4.32. The van der Waals surface area contributed by atoms with Crippen molar-refractivity contribution < 1.29 is 22.9 Å². The quantitative estimate of drug-likeness (QED) is 0.690. The summed E-state index contributed by atoms with van der Waals surface area (Å²) in [6.07, 6.45) is 0. The first-order valence-electron chi connectivity index (χ1n) is 6.60. The largest absolute Gasteiger partial charge is 0.480 e. The molecule has 8 heteroatoms. The number of hydrogen-bond acceptors (Lipinski definition) is 5. The molecule has 0 fully saturated rings. The second-order valence-corrected chi connectivity index (χ2v) is 7.19. The fraction of sp³-hybridized carbons (Fsp3) is 0.133. The number of aliphatic carboxylic acids is 1. The van der Waals surface area contributed by atoms with Crippen molar-refractivity contribution in [3.63, 3.8) is 0 Å². The minimum atomic E-state index is -3.88. The van der Waals surface area contributed by atoms with Gasteiger partial charge in [0.25, 0.3) is 0 Å². The summed E-state index contributed by atoms with van der Waals surface area (Å²) in [5.41, 5.74) is 1.68. The van der Waals surface area contributed by atoms with Gasteiger partial charge in [-0.05, 0) is 42.3 Å². The van der Waals surface area contributed by atoms with E-state index < -0.39 is 22.0 Å². The van der Waals surface area contributed by atoms with E-state index in [1.165, 1.54) is 19.1 Å². The van der Waals surface area contributed by atoms with Crippen LogP contribution >= 0.6 is 12.0 Å². The summed E-state index contributed by atoms with van der Waals surface area (Å²) in [6, 6.07) is 12.0. The van der Waals surface area contributed by atoms with Crippen LogP contribution in [0.4, 0.5) is 0 Å². The number of carbonyl (C=O) groups is 1. The minimum Gasteiger partial charge on any atom is -0.480 e. The van der Waals surface area contributed by atoms with Crippen LogP contribution in [0.2, 0.25) is 0 Å². The monoisotopic (exact) mass is 353 g/mol. The normalized spacial score (nSPS) is 12.8. The maximum atomic E-state index is 12.1. The first-order valence-corrected chi connectivity index (χ1v) is 8.86. The van der Waals surface area contributed by atoms with Crippen molar-refractivity contribution in [1.29, 1.82) is 0 Å². The van der Waals surface area contributed by atoms with E-state index in [4.69, 9.17) is 9.66 Å². The highest BCUT2D eigenvalue weighted by molar-refractivity contribution is 7.93. The first kappa shape index (κ1) is 17.5. The molecule has 0 radical (unpaired) electrons. The summed E-state index contributed by atoms with van der Waals surface area (Å²) in [5.74, 6) is -1.24. The average molecular weight is 353 g/mol. The number of carboxylic acids is 1. The molecule has 0 bridgehead atoms. The zero-order valence-corrected chi connectivity index (χ0v) is 13.8.